The van der Waals surface area contributed by atoms with E-state index in [1.165, 1.54) is 24.7 Å². The highest BCUT2D eigenvalue weighted by molar-refractivity contribution is 5.85. The van der Waals surface area contributed by atoms with Gasteiger partial charge in [0.15, 0.2) is 0 Å². The van der Waals surface area contributed by atoms with Crippen LogP contribution in [-0.2, 0) is 0 Å². The summed E-state index contributed by atoms with van der Waals surface area (Å²) in [6.07, 6.45) is 7.76. The van der Waals surface area contributed by atoms with E-state index in [1.54, 1.807) is 19.3 Å². The van der Waals surface area contributed by atoms with Gasteiger partial charge < -0.3 is 0 Å². The van der Waals surface area contributed by atoms with Crippen molar-refractivity contribution >= 4 is 12.4 Å². The molecule has 2 atom stereocenters. The topological polar surface area (TPSA) is 0 Å². The molecule has 2 saturated carbocycles. The van der Waals surface area contributed by atoms with Crippen molar-refractivity contribution in [2.24, 2.45) is 11.8 Å². The molecule has 0 aliphatic heterocycles. The average Bonchev–Trinajstić information content (AvgIpc) is 2.41. The molecule has 0 saturated heterocycles. The third kappa shape index (κ3) is 0.997. The van der Waals surface area contributed by atoms with Crippen LogP contribution in [0.2, 0.25) is 0 Å². The Morgan fingerprint density at radius 3 is 1.75 bits per heavy atom. The Bertz CT molecular complexity index is 70.5. The Hall–Kier alpha value is 0.290. The SMILES string of the molecule is C1CCC2CC2C1.Cl. The van der Waals surface area contributed by atoms with Gasteiger partial charge in [0.25, 0.3) is 0 Å². The molecule has 0 heterocycles. The summed E-state index contributed by atoms with van der Waals surface area (Å²) in [6.45, 7) is 0. The van der Waals surface area contributed by atoms with Gasteiger partial charge in [-0.05, 0) is 18.3 Å². The van der Waals surface area contributed by atoms with E-state index in [9.17, 15) is 0 Å². The van der Waals surface area contributed by atoms with Gasteiger partial charge >= 0.3 is 0 Å². The largest absolute Gasteiger partial charge is 0.147 e. The number of halogens is 1. The molecule has 0 aromatic rings. The van der Waals surface area contributed by atoms with Crippen LogP contribution in [0.4, 0.5) is 0 Å². The van der Waals surface area contributed by atoms with Crippen molar-refractivity contribution in [3.63, 3.8) is 0 Å². The molecule has 2 unspecified atom stereocenters. The molecule has 0 nitrogen and oxygen atoms in total. The van der Waals surface area contributed by atoms with Crippen LogP contribution in [0.3, 0.4) is 0 Å². The number of fused-ring (bicyclic) bond motifs is 1. The van der Waals surface area contributed by atoms with Crippen molar-refractivity contribution in [2.75, 3.05) is 0 Å². The smallest absolute Gasteiger partial charge is 0.0383 e. The summed E-state index contributed by atoms with van der Waals surface area (Å²) in [5.41, 5.74) is 0. The van der Waals surface area contributed by atoms with E-state index in [1.807, 2.05) is 0 Å². The minimum atomic E-state index is 0. The standard InChI is InChI=1S/C7H12.ClH/c1-2-4-7-5-6(7)3-1;/h6-7H,1-5H2;1H. The van der Waals surface area contributed by atoms with E-state index in [4.69, 9.17) is 0 Å². The molecule has 0 amide bonds. The van der Waals surface area contributed by atoms with E-state index in [0.29, 0.717) is 0 Å². The molecule has 0 N–H and O–H groups in total. The van der Waals surface area contributed by atoms with Crippen LogP contribution in [0.1, 0.15) is 32.1 Å². The molecule has 2 rings (SSSR count). The lowest BCUT2D eigenvalue weighted by Crippen LogP contribution is -1.91. The maximum Gasteiger partial charge on any atom is -0.0383 e. The highest BCUT2D eigenvalue weighted by Gasteiger charge is 2.37. The predicted octanol–water partition coefficient (Wildman–Crippen LogP) is 2.62. The van der Waals surface area contributed by atoms with Crippen molar-refractivity contribution in [3.05, 3.63) is 0 Å². The van der Waals surface area contributed by atoms with Crippen LogP contribution >= 0.6 is 12.4 Å². The minimum Gasteiger partial charge on any atom is -0.147 e. The summed E-state index contributed by atoms with van der Waals surface area (Å²) < 4.78 is 0. The quantitative estimate of drug-likeness (QED) is 0.476. The van der Waals surface area contributed by atoms with Crippen molar-refractivity contribution in [3.8, 4) is 0 Å². The Balaban J connectivity index is 0.000000320. The summed E-state index contributed by atoms with van der Waals surface area (Å²) in [5, 5.41) is 0. The second-order valence-corrected chi connectivity index (χ2v) is 3.04. The van der Waals surface area contributed by atoms with Gasteiger partial charge in [0.1, 0.15) is 0 Å². The Morgan fingerprint density at radius 1 is 0.875 bits per heavy atom. The van der Waals surface area contributed by atoms with Crippen molar-refractivity contribution in [1.29, 1.82) is 0 Å². The lowest BCUT2D eigenvalue weighted by molar-refractivity contribution is 0.480. The monoisotopic (exact) mass is 132 g/mol. The van der Waals surface area contributed by atoms with Crippen LogP contribution in [0.15, 0.2) is 0 Å². The molecule has 2 aliphatic carbocycles. The normalized spacial score (nSPS) is 42.0. The summed E-state index contributed by atoms with van der Waals surface area (Å²) in [5.74, 6) is 2.41. The second kappa shape index (κ2) is 2.26. The maximum absolute atomic E-state index is 1.58. The molecular weight excluding hydrogens is 120 g/mol. The van der Waals surface area contributed by atoms with E-state index in [0.717, 1.165) is 0 Å². The van der Waals surface area contributed by atoms with Gasteiger partial charge in [-0.3, -0.25) is 0 Å². The van der Waals surface area contributed by atoms with Gasteiger partial charge in [-0.1, -0.05) is 25.7 Å². The van der Waals surface area contributed by atoms with E-state index in [-0.39, 0.29) is 12.4 Å². The molecule has 0 spiro atoms. The van der Waals surface area contributed by atoms with E-state index >= 15 is 0 Å². The Labute approximate surface area is 57.1 Å². The van der Waals surface area contributed by atoms with Gasteiger partial charge in [0.2, 0.25) is 0 Å². The molecule has 2 aliphatic rings. The van der Waals surface area contributed by atoms with Crippen LogP contribution in [0, 0.1) is 11.8 Å². The lowest BCUT2D eigenvalue weighted by Gasteiger charge is -2.05. The summed E-state index contributed by atoms with van der Waals surface area (Å²) >= 11 is 0. The Kier molecular flexibility index (Phi) is 1.81. The van der Waals surface area contributed by atoms with Crippen molar-refractivity contribution < 1.29 is 0 Å². The highest BCUT2D eigenvalue weighted by atomic mass is 35.5. The summed E-state index contributed by atoms with van der Waals surface area (Å²) in [7, 11) is 0. The zero-order chi connectivity index (χ0) is 4.69. The molecular formula is C7H13Cl. The fraction of sp³-hybridized carbons (Fsp3) is 1.00. The minimum absolute atomic E-state index is 0. The molecule has 0 aromatic heterocycles. The van der Waals surface area contributed by atoms with Crippen molar-refractivity contribution in [2.45, 2.75) is 32.1 Å². The van der Waals surface area contributed by atoms with E-state index in [2.05, 4.69) is 0 Å². The first kappa shape index (κ1) is 6.41. The number of rotatable bonds is 0. The van der Waals surface area contributed by atoms with Gasteiger partial charge in [-0.2, -0.15) is 0 Å². The van der Waals surface area contributed by atoms with Crippen molar-refractivity contribution in [1.82, 2.24) is 0 Å². The lowest BCUT2D eigenvalue weighted by atomic mass is 10.0. The molecule has 0 aromatic carbocycles. The third-order valence-electron chi connectivity index (χ3n) is 2.47. The molecule has 2 fully saturated rings. The summed E-state index contributed by atoms with van der Waals surface area (Å²) in [4.78, 5) is 0. The first-order chi connectivity index (χ1) is 3.47. The number of hydrogen-bond acceptors (Lipinski definition) is 0. The van der Waals surface area contributed by atoms with Crippen LogP contribution in [0.25, 0.3) is 0 Å². The maximum atomic E-state index is 1.58. The molecule has 48 valence electrons. The fourth-order valence-corrected chi connectivity index (χ4v) is 1.83. The zero-order valence-corrected chi connectivity index (χ0v) is 5.91. The fourth-order valence-electron chi connectivity index (χ4n) is 1.83. The number of hydrogen-bond donors (Lipinski definition) is 0. The van der Waals surface area contributed by atoms with Gasteiger partial charge in [-0.15, -0.1) is 12.4 Å². The second-order valence-electron chi connectivity index (χ2n) is 3.04. The summed E-state index contributed by atoms with van der Waals surface area (Å²) in [6, 6.07) is 0. The van der Waals surface area contributed by atoms with E-state index < -0.39 is 0 Å². The van der Waals surface area contributed by atoms with Crippen LogP contribution < -0.4 is 0 Å². The molecule has 0 bridgehead atoms. The van der Waals surface area contributed by atoms with Gasteiger partial charge in [-0.25, -0.2) is 0 Å². The predicted molar refractivity (Wildman–Crippen MR) is 37.3 cm³/mol. The average molecular weight is 133 g/mol. The van der Waals surface area contributed by atoms with Crippen LogP contribution in [0.5, 0.6) is 0 Å². The molecule has 1 heteroatoms. The Morgan fingerprint density at radius 2 is 1.38 bits per heavy atom. The highest BCUT2D eigenvalue weighted by Crippen LogP contribution is 2.49. The van der Waals surface area contributed by atoms with Gasteiger partial charge in [0, 0.05) is 0 Å². The van der Waals surface area contributed by atoms with Gasteiger partial charge in [0.05, 0.1) is 0 Å². The molecule has 8 heavy (non-hydrogen) atoms. The van der Waals surface area contributed by atoms with Crippen LogP contribution in [-0.4, -0.2) is 0 Å². The first-order valence-electron chi connectivity index (χ1n) is 3.47. The first-order valence-corrected chi connectivity index (χ1v) is 3.47. The zero-order valence-electron chi connectivity index (χ0n) is 5.10. The third-order valence-corrected chi connectivity index (χ3v) is 2.47. The molecule has 0 radical (unpaired) electrons.